The van der Waals surface area contributed by atoms with Gasteiger partial charge < -0.3 is 10.2 Å². The van der Waals surface area contributed by atoms with Crippen LogP contribution in [-0.2, 0) is 0 Å². The van der Waals surface area contributed by atoms with Crippen molar-refractivity contribution in [1.29, 1.82) is 0 Å². The molecule has 4 rings (SSSR count). The summed E-state index contributed by atoms with van der Waals surface area (Å²) in [4.78, 5) is 0. The highest BCUT2D eigenvalue weighted by Gasteiger charge is 2.59. The fourth-order valence-electron chi connectivity index (χ4n) is 7.25. The summed E-state index contributed by atoms with van der Waals surface area (Å²) in [6, 6.07) is 0. The first-order chi connectivity index (χ1) is 11.7. The van der Waals surface area contributed by atoms with E-state index in [1.165, 1.54) is 24.8 Å². The first-order valence-electron chi connectivity index (χ1n) is 10.5. The van der Waals surface area contributed by atoms with Gasteiger partial charge in [0.2, 0.25) is 0 Å². The first-order valence-corrected chi connectivity index (χ1v) is 10.5. The molecule has 0 aromatic heterocycles. The molecule has 3 saturated carbocycles. The molecule has 7 atom stereocenters. The van der Waals surface area contributed by atoms with Crippen LogP contribution in [0.3, 0.4) is 0 Å². The molecule has 0 bridgehead atoms. The zero-order valence-corrected chi connectivity index (χ0v) is 16.5. The average molecular weight is 345 g/mol. The Kier molecular flexibility index (Phi) is 4.05. The number of fused-ring (bicyclic) bond motifs is 5. The number of rotatable bonds is 2. The van der Waals surface area contributed by atoms with E-state index >= 15 is 0 Å². The summed E-state index contributed by atoms with van der Waals surface area (Å²) in [5.41, 5.74) is 3.13. The quantitative estimate of drug-likeness (QED) is 0.739. The third-order valence-electron chi connectivity index (χ3n) is 9.01. The van der Waals surface area contributed by atoms with Crippen LogP contribution in [0.5, 0.6) is 0 Å². The Bertz CT molecular complexity index is 616. The van der Waals surface area contributed by atoms with Crippen LogP contribution in [0.25, 0.3) is 0 Å². The van der Waals surface area contributed by atoms with Crippen molar-refractivity contribution in [2.24, 2.45) is 28.6 Å². The summed E-state index contributed by atoms with van der Waals surface area (Å²) in [6.07, 6.45) is 13.3. The lowest BCUT2D eigenvalue weighted by Crippen LogP contribution is -2.49. The Morgan fingerprint density at radius 1 is 1.08 bits per heavy atom. The Balaban J connectivity index is 1.69. The molecule has 0 aromatic rings. The smallest absolute Gasteiger partial charge is 0.0650 e. The van der Waals surface area contributed by atoms with E-state index in [9.17, 15) is 10.2 Å². The van der Waals surface area contributed by atoms with E-state index in [2.05, 4.69) is 39.8 Å². The zero-order chi connectivity index (χ0) is 18.0. The number of allylic oxidation sites excluding steroid dienone is 3. The maximum atomic E-state index is 11.0. The molecular weight excluding hydrogens is 308 g/mol. The van der Waals surface area contributed by atoms with Crippen LogP contribution < -0.4 is 0 Å². The first kappa shape index (κ1) is 17.8. The SMILES string of the molecule is CC[C@](C)(O)[C@H]1CC[C@H]2C3=CC=C4C[C@@H](O)CC[C@]4(C)[C@H]3CC[C@@]21C. The normalized spacial score (nSPS) is 48.6. The van der Waals surface area contributed by atoms with Gasteiger partial charge in [-0.25, -0.2) is 0 Å². The van der Waals surface area contributed by atoms with E-state index in [1.807, 2.05) is 0 Å². The highest BCUT2D eigenvalue weighted by Crippen LogP contribution is 2.66. The van der Waals surface area contributed by atoms with Gasteiger partial charge in [-0.05, 0) is 86.9 Å². The van der Waals surface area contributed by atoms with E-state index in [4.69, 9.17) is 0 Å². The lowest BCUT2D eigenvalue weighted by atomic mass is 9.49. The van der Waals surface area contributed by atoms with Crippen molar-refractivity contribution >= 4 is 0 Å². The molecule has 0 radical (unpaired) electrons. The molecule has 0 aromatic carbocycles. The predicted octanol–water partition coefficient (Wildman–Crippen LogP) is 5.01. The Hall–Kier alpha value is -0.600. The minimum Gasteiger partial charge on any atom is -0.393 e. The van der Waals surface area contributed by atoms with Crippen LogP contribution >= 0.6 is 0 Å². The van der Waals surface area contributed by atoms with Gasteiger partial charge in [0.25, 0.3) is 0 Å². The standard InChI is InChI=1S/C23H36O2/c1-5-23(4,25)20-9-8-18-17-7-6-15-14-16(24)10-12-21(15,2)19(17)11-13-22(18,20)3/h6-7,16,18-20,24-25H,5,8-14H2,1-4H3/t16-,18-,19-,20-,21-,22-,23-/m0/s1. The molecule has 3 fully saturated rings. The maximum absolute atomic E-state index is 11.0. The van der Waals surface area contributed by atoms with Gasteiger partial charge in [-0.3, -0.25) is 0 Å². The van der Waals surface area contributed by atoms with E-state index in [0.717, 1.165) is 32.1 Å². The van der Waals surface area contributed by atoms with Gasteiger partial charge in [0.15, 0.2) is 0 Å². The Morgan fingerprint density at radius 3 is 2.56 bits per heavy atom. The van der Waals surface area contributed by atoms with Gasteiger partial charge >= 0.3 is 0 Å². The summed E-state index contributed by atoms with van der Waals surface area (Å²) in [7, 11) is 0. The van der Waals surface area contributed by atoms with Crippen LogP contribution in [0, 0.1) is 28.6 Å². The Morgan fingerprint density at radius 2 is 1.84 bits per heavy atom. The predicted molar refractivity (Wildman–Crippen MR) is 102 cm³/mol. The van der Waals surface area contributed by atoms with Crippen LogP contribution in [-0.4, -0.2) is 21.9 Å². The topological polar surface area (TPSA) is 40.5 Å². The highest BCUT2D eigenvalue weighted by atomic mass is 16.3. The molecule has 0 spiro atoms. The van der Waals surface area contributed by atoms with Crippen molar-refractivity contribution in [3.8, 4) is 0 Å². The third kappa shape index (κ3) is 2.43. The summed E-state index contributed by atoms with van der Waals surface area (Å²) < 4.78 is 0. The second-order valence-electron chi connectivity index (χ2n) is 10.2. The molecule has 2 heteroatoms. The highest BCUT2D eigenvalue weighted by molar-refractivity contribution is 5.39. The van der Waals surface area contributed by atoms with Crippen LogP contribution in [0.15, 0.2) is 23.3 Å². The van der Waals surface area contributed by atoms with Gasteiger partial charge in [-0.2, -0.15) is 0 Å². The molecule has 2 nitrogen and oxygen atoms in total. The van der Waals surface area contributed by atoms with Gasteiger partial charge in [0.1, 0.15) is 0 Å². The van der Waals surface area contributed by atoms with Crippen molar-refractivity contribution in [2.45, 2.75) is 90.8 Å². The van der Waals surface area contributed by atoms with Crippen LogP contribution in [0.4, 0.5) is 0 Å². The van der Waals surface area contributed by atoms with Gasteiger partial charge in [0, 0.05) is 0 Å². The number of hydrogen-bond donors (Lipinski definition) is 2. The lowest BCUT2D eigenvalue weighted by Gasteiger charge is -2.55. The van der Waals surface area contributed by atoms with Crippen molar-refractivity contribution in [1.82, 2.24) is 0 Å². The molecule has 4 aliphatic carbocycles. The molecule has 4 aliphatic rings. The van der Waals surface area contributed by atoms with Crippen LogP contribution in [0.2, 0.25) is 0 Å². The van der Waals surface area contributed by atoms with Gasteiger partial charge in [-0.1, -0.05) is 44.1 Å². The molecular formula is C23H36O2. The molecule has 0 unspecified atom stereocenters. The number of hydrogen-bond acceptors (Lipinski definition) is 2. The second kappa shape index (κ2) is 5.70. The average Bonchev–Trinajstić information content (AvgIpc) is 2.93. The largest absolute Gasteiger partial charge is 0.393 e. The minimum atomic E-state index is -0.536. The second-order valence-corrected chi connectivity index (χ2v) is 10.2. The third-order valence-corrected chi connectivity index (χ3v) is 9.01. The minimum absolute atomic E-state index is 0.140. The maximum Gasteiger partial charge on any atom is 0.0650 e. The van der Waals surface area contributed by atoms with Crippen molar-refractivity contribution in [3.05, 3.63) is 23.3 Å². The van der Waals surface area contributed by atoms with Gasteiger partial charge in [-0.15, -0.1) is 0 Å². The summed E-state index contributed by atoms with van der Waals surface area (Å²) in [6.45, 7) is 9.11. The molecule has 2 N–H and O–H groups in total. The van der Waals surface area contributed by atoms with Crippen molar-refractivity contribution in [3.63, 3.8) is 0 Å². The lowest BCUT2D eigenvalue weighted by molar-refractivity contribution is -0.0684. The van der Waals surface area contributed by atoms with Crippen molar-refractivity contribution < 1.29 is 10.2 Å². The Labute approximate surface area is 153 Å². The van der Waals surface area contributed by atoms with Crippen LogP contribution in [0.1, 0.15) is 79.1 Å². The summed E-state index contributed by atoms with van der Waals surface area (Å²) >= 11 is 0. The fourth-order valence-corrected chi connectivity index (χ4v) is 7.25. The summed E-state index contributed by atoms with van der Waals surface area (Å²) in [5.74, 6) is 1.71. The number of aliphatic hydroxyl groups is 2. The monoisotopic (exact) mass is 344 g/mol. The molecule has 140 valence electrons. The summed E-state index contributed by atoms with van der Waals surface area (Å²) in [5, 5.41) is 21.1. The zero-order valence-electron chi connectivity index (χ0n) is 16.5. The van der Waals surface area contributed by atoms with E-state index in [-0.39, 0.29) is 16.9 Å². The fraction of sp³-hybridized carbons (Fsp3) is 0.826. The molecule has 0 saturated heterocycles. The number of aliphatic hydroxyl groups excluding tert-OH is 1. The van der Waals surface area contributed by atoms with Gasteiger partial charge in [0.05, 0.1) is 11.7 Å². The molecule has 0 heterocycles. The molecule has 0 amide bonds. The van der Waals surface area contributed by atoms with E-state index < -0.39 is 5.60 Å². The van der Waals surface area contributed by atoms with E-state index in [0.29, 0.717) is 17.8 Å². The van der Waals surface area contributed by atoms with Crippen molar-refractivity contribution in [2.75, 3.05) is 0 Å². The molecule has 25 heavy (non-hydrogen) atoms. The van der Waals surface area contributed by atoms with E-state index in [1.54, 1.807) is 5.57 Å². The molecule has 0 aliphatic heterocycles.